The first-order valence-corrected chi connectivity index (χ1v) is 5.71. The zero-order valence-electron chi connectivity index (χ0n) is 10.8. The minimum absolute atomic E-state index is 0.0941. The predicted octanol–water partition coefficient (Wildman–Crippen LogP) is 2.62. The molecule has 1 rings (SSSR count). The van der Waals surface area contributed by atoms with Crippen LogP contribution in [-0.4, -0.2) is 23.9 Å². The smallest absolute Gasteiger partial charge is 0.254 e. The van der Waals surface area contributed by atoms with E-state index in [0.29, 0.717) is 5.56 Å². The molecule has 1 aromatic carbocycles. The molecule has 0 heterocycles. The lowest BCUT2D eigenvalue weighted by atomic mass is 10.0. The second-order valence-electron chi connectivity index (χ2n) is 4.55. The number of benzene rings is 1. The summed E-state index contributed by atoms with van der Waals surface area (Å²) in [6.07, 6.45) is 0. The molecule has 0 aromatic heterocycles. The molecule has 0 radical (unpaired) electrons. The van der Waals surface area contributed by atoms with E-state index in [9.17, 15) is 4.79 Å². The van der Waals surface area contributed by atoms with Gasteiger partial charge in [-0.15, -0.1) is 0 Å². The number of nitriles is 1. The summed E-state index contributed by atoms with van der Waals surface area (Å²) in [6, 6.07) is 9.22. The fourth-order valence-electron chi connectivity index (χ4n) is 1.81. The molecule has 0 fully saturated rings. The van der Waals surface area contributed by atoms with Crippen LogP contribution in [0.2, 0.25) is 0 Å². The molecule has 1 amide bonds. The zero-order chi connectivity index (χ0) is 13.0. The maximum Gasteiger partial charge on any atom is 0.254 e. The number of rotatable bonds is 3. The minimum Gasteiger partial charge on any atom is -0.325 e. The predicted molar refractivity (Wildman–Crippen MR) is 67.5 cm³/mol. The average Bonchev–Trinajstić information content (AvgIpc) is 2.29. The molecule has 0 aliphatic rings. The number of carbonyl (C=O) groups excluding carboxylic acids is 1. The van der Waals surface area contributed by atoms with Gasteiger partial charge in [-0.1, -0.05) is 32.0 Å². The van der Waals surface area contributed by atoms with Crippen LogP contribution in [-0.2, 0) is 0 Å². The summed E-state index contributed by atoms with van der Waals surface area (Å²) in [4.78, 5) is 13.8. The van der Waals surface area contributed by atoms with E-state index in [4.69, 9.17) is 5.26 Å². The number of nitrogens with zero attached hydrogens (tertiary/aromatic N) is 2. The van der Waals surface area contributed by atoms with Crippen molar-refractivity contribution in [1.29, 1.82) is 5.26 Å². The van der Waals surface area contributed by atoms with Gasteiger partial charge >= 0.3 is 0 Å². The van der Waals surface area contributed by atoms with E-state index in [-0.39, 0.29) is 17.9 Å². The van der Waals surface area contributed by atoms with Crippen molar-refractivity contribution < 1.29 is 4.79 Å². The van der Waals surface area contributed by atoms with Crippen LogP contribution in [0.3, 0.4) is 0 Å². The number of hydrogen-bond acceptors (Lipinski definition) is 2. The standard InChI is InChI=1S/C14H18N2O/c1-10(2)13(9-15)16(4)14(17)12-8-6-5-7-11(12)3/h5-8,10,13H,1-4H3. The highest BCUT2D eigenvalue weighted by molar-refractivity contribution is 5.95. The zero-order valence-corrected chi connectivity index (χ0v) is 10.8. The van der Waals surface area contributed by atoms with Crippen LogP contribution in [0.15, 0.2) is 24.3 Å². The van der Waals surface area contributed by atoms with Crippen LogP contribution in [0.25, 0.3) is 0 Å². The Kier molecular flexibility index (Phi) is 4.28. The molecular formula is C14H18N2O. The van der Waals surface area contributed by atoms with Crippen molar-refractivity contribution >= 4 is 5.91 Å². The second kappa shape index (κ2) is 5.49. The van der Waals surface area contributed by atoms with Crippen LogP contribution in [0, 0.1) is 24.2 Å². The SMILES string of the molecule is Cc1ccccc1C(=O)N(C)C(C#N)C(C)C. The third-order valence-corrected chi connectivity index (χ3v) is 2.88. The summed E-state index contributed by atoms with van der Waals surface area (Å²) < 4.78 is 0. The molecule has 0 aliphatic carbocycles. The van der Waals surface area contributed by atoms with E-state index in [2.05, 4.69) is 6.07 Å². The molecule has 0 N–H and O–H groups in total. The van der Waals surface area contributed by atoms with Gasteiger partial charge in [-0.25, -0.2) is 0 Å². The van der Waals surface area contributed by atoms with E-state index >= 15 is 0 Å². The van der Waals surface area contributed by atoms with E-state index in [1.165, 1.54) is 4.90 Å². The van der Waals surface area contributed by atoms with Crippen molar-refractivity contribution in [3.05, 3.63) is 35.4 Å². The number of carbonyl (C=O) groups is 1. The van der Waals surface area contributed by atoms with E-state index in [1.54, 1.807) is 13.1 Å². The van der Waals surface area contributed by atoms with Crippen molar-refractivity contribution in [3.63, 3.8) is 0 Å². The Labute approximate surface area is 103 Å². The van der Waals surface area contributed by atoms with Gasteiger partial charge in [0.15, 0.2) is 0 Å². The summed E-state index contributed by atoms with van der Waals surface area (Å²) in [5, 5.41) is 9.09. The Morgan fingerprint density at radius 3 is 2.41 bits per heavy atom. The Hall–Kier alpha value is -1.82. The van der Waals surface area contributed by atoms with Gasteiger partial charge in [-0.05, 0) is 24.5 Å². The molecule has 0 bridgehead atoms. The van der Waals surface area contributed by atoms with Crippen molar-refractivity contribution in [3.8, 4) is 6.07 Å². The number of amides is 1. The quantitative estimate of drug-likeness (QED) is 0.801. The van der Waals surface area contributed by atoms with Gasteiger partial charge in [0.05, 0.1) is 6.07 Å². The summed E-state index contributed by atoms with van der Waals surface area (Å²) in [5.74, 6) is 0.0290. The first kappa shape index (κ1) is 13.2. The average molecular weight is 230 g/mol. The highest BCUT2D eigenvalue weighted by Gasteiger charge is 2.24. The molecule has 0 saturated carbocycles. The minimum atomic E-state index is -0.387. The fourth-order valence-corrected chi connectivity index (χ4v) is 1.81. The Bertz CT molecular complexity index is 446. The van der Waals surface area contributed by atoms with Gasteiger partial charge in [-0.3, -0.25) is 4.79 Å². The molecule has 1 unspecified atom stereocenters. The molecular weight excluding hydrogens is 212 g/mol. The molecule has 1 aromatic rings. The first-order chi connectivity index (χ1) is 7.99. The normalized spacial score (nSPS) is 12.0. The van der Waals surface area contributed by atoms with Crippen molar-refractivity contribution in [2.24, 2.45) is 5.92 Å². The molecule has 0 spiro atoms. The topological polar surface area (TPSA) is 44.1 Å². The van der Waals surface area contributed by atoms with Crippen LogP contribution in [0.4, 0.5) is 0 Å². The van der Waals surface area contributed by atoms with E-state index in [0.717, 1.165) is 5.56 Å². The van der Waals surface area contributed by atoms with E-state index < -0.39 is 0 Å². The Morgan fingerprint density at radius 1 is 1.35 bits per heavy atom. The van der Waals surface area contributed by atoms with Gasteiger partial charge in [-0.2, -0.15) is 5.26 Å². The summed E-state index contributed by atoms with van der Waals surface area (Å²) in [7, 11) is 1.68. The van der Waals surface area contributed by atoms with Gasteiger partial charge < -0.3 is 4.90 Å². The van der Waals surface area contributed by atoms with Gasteiger partial charge in [0.25, 0.3) is 5.91 Å². The largest absolute Gasteiger partial charge is 0.325 e. The third kappa shape index (κ3) is 2.85. The number of hydrogen-bond donors (Lipinski definition) is 0. The van der Waals surface area contributed by atoms with Crippen LogP contribution in [0.5, 0.6) is 0 Å². The van der Waals surface area contributed by atoms with Gasteiger partial charge in [0, 0.05) is 12.6 Å². The van der Waals surface area contributed by atoms with Gasteiger partial charge in [0.2, 0.25) is 0 Å². The highest BCUT2D eigenvalue weighted by Crippen LogP contribution is 2.15. The lowest BCUT2D eigenvalue weighted by Gasteiger charge is -2.26. The first-order valence-electron chi connectivity index (χ1n) is 5.71. The van der Waals surface area contributed by atoms with Crippen molar-refractivity contribution in [2.75, 3.05) is 7.05 Å². The molecule has 90 valence electrons. The fraction of sp³-hybridized carbons (Fsp3) is 0.429. The van der Waals surface area contributed by atoms with E-state index in [1.807, 2.05) is 39.0 Å². The van der Waals surface area contributed by atoms with Gasteiger partial charge in [0.1, 0.15) is 6.04 Å². The molecule has 17 heavy (non-hydrogen) atoms. The van der Waals surface area contributed by atoms with Crippen molar-refractivity contribution in [2.45, 2.75) is 26.8 Å². The Morgan fingerprint density at radius 2 is 1.94 bits per heavy atom. The number of aryl methyl sites for hydroxylation is 1. The van der Waals surface area contributed by atoms with Crippen molar-refractivity contribution in [1.82, 2.24) is 4.90 Å². The maximum atomic E-state index is 12.2. The molecule has 1 atom stereocenters. The third-order valence-electron chi connectivity index (χ3n) is 2.88. The summed E-state index contributed by atoms with van der Waals surface area (Å²) in [6.45, 7) is 5.78. The highest BCUT2D eigenvalue weighted by atomic mass is 16.2. The molecule has 3 nitrogen and oxygen atoms in total. The summed E-state index contributed by atoms with van der Waals surface area (Å²) >= 11 is 0. The second-order valence-corrected chi connectivity index (χ2v) is 4.55. The Balaban J connectivity index is 2.99. The van der Waals surface area contributed by atoms with Crippen LogP contribution in [0.1, 0.15) is 29.8 Å². The van der Waals surface area contributed by atoms with Crippen LogP contribution >= 0.6 is 0 Å². The monoisotopic (exact) mass is 230 g/mol. The molecule has 3 heteroatoms. The molecule has 0 saturated heterocycles. The van der Waals surface area contributed by atoms with Crippen LogP contribution < -0.4 is 0 Å². The summed E-state index contributed by atoms with van der Waals surface area (Å²) in [5.41, 5.74) is 1.60. The molecule has 0 aliphatic heterocycles. The lowest BCUT2D eigenvalue weighted by Crippen LogP contribution is -2.39. The maximum absolute atomic E-state index is 12.2. The lowest BCUT2D eigenvalue weighted by molar-refractivity contribution is 0.0735.